The molecule has 0 saturated carbocycles. The number of aromatic nitrogens is 1. The van der Waals surface area contributed by atoms with E-state index in [9.17, 15) is 0 Å². The van der Waals surface area contributed by atoms with Crippen molar-refractivity contribution in [1.29, 1.82) is 0 Å². The van der Waals surface area contributed by atoms with E-state index in [2.05, 4.69) is 216 Å². The Hall–Kier alpha value is -7.20. The maximum absolute atomic E-state index is 2.48. The van der Waals surface area contributed by atoms with Crippen LogP contribution in [0.2, 0.25) is 0 Å². The van der Waals surface area contributed by atoms with Gasteiger partial charge < -0.3 is 9.30 Å². The second kappa shape index (κ2) is 12.7. The molecular formula is C54H34N2S. The first-order valence-corrected chi connectivity index (χ1v) is 20.3. The summed E-state index contributed by atoms with van der Waals surface area (Å²) >= 11 is 1.86. The molecule has 0 bridgehead atoms. The molecule has 266 valence electrons. The molecular weight excluding hydrogens is 709 g/mol. The summed E-state index contributed by atoms with van der Waals surface area (Å²) in [7, 11) is 0. The number of fused-ring (bicyclic) bond motifs is 11. The Bertz CT molecular complexity index is 3520. The molecule has 0 atom stereocenters. The zero-order valence-corrected chi connectivity index (χ0v) is 31.7. The lowest BCUT2D eigenvalue weighted by Crippen LogP contribution is -2.10. The molecule has 0 saturated heterocycles. The number of rotatable bonds is 5. The summed E-state index contributed by atoms with van der Waals surface area (Å²) in [4.78, 5) is 2.42. The first-order valence-electron chi connectivity index (χ1n) is 19.5. The molecule has 0 unspecified atom stereocenters. The van der Waals surface area contributed by atoms with Crippen molar-refractivity contribution in [3.63, 3.8) is 0 Å². The lowest BCUT2D eigenvalue weighted by Gasteiger charge is -2.26. The van der Waals surface area contributed by atoms with E-state index in [1.54, 1.807) is 0 Å². The molecule has 0 N–H and O–H groups in total. The Morgan fingerprint density at radius 2 is 0.947 bits per heavy atom. The van der Waals surface area contributed by atoms with Crippen molar-refractivity contribution in [2.24, 2.45) is 0 Å². The van der Waals surface area contributed by atoms with Crippen molar-refractivity contribution in [3.05, 3.63) is 206 Å². The number of benzene rings is 9. The average Bonchev–Trinajstić information content (AvgIpc) is 3.83. The average molecular weight is 743 g/mol. The monoisotopic (exact) mass is 742 g/mol. The van der Waals surface area contributed by atoms with Gasteiger partial charge in [0.2, 0.25) is 0 Å². The van der Waals surface area contributed by atoms with Crippen LogP contribution in [-0.2, 0) is 0 Å². The molecule has 0 fully saturated rings. The van der Waals surface area contributed by atoms with Crippen LogP contribution in [-0.4, -0.2) is 4.40 Å². The minimum Gasteiger partial charge on any atom is -0.310 e. The summed E-state index contributed by atoms with van der Waals surface area (Å²) in [6.45, 7) is 0. The Balaban J connectivity index is 1.07. The van der Waals surface area contributed by atoms with Crippen molar-refractivity contribution in [2.75, 3.05) is 4.90 Å². The van der Waals surface area contributed by atoms with Gasteiger partial charge in [-0.3, -0.25) is 0 Å². The van der Waals surface area contributed by atoms with Crippen LogP contribution in [0, 0.1) is 0 Å². The molecule has 3 heteroatoms. The van der Waals surface area contributed by atoms with Crippen molar-refractivity contribution >= 4 is 97.3 Å². The SMILES string of the molecule is c1ccc(-c2c3ccccc3n3c(-c4ccc(N(c5ccc6c(ccc7ccccc76)c5)c5ccc6sc7ccccc7c6c5)cc4)cc4ccccc4c23)cc1. The van der Waals surface area contributed by atoms with E-state index in [0.29, 0.717) is 0 Å². The molecule has 3 heterocycles. The summed E-state index contributed by atoms with van der Waals surface area (Å²) in [5.41, 5.74) is 10.6. The normalized spacial score (nSPS) is 11.9. The van der Waals surface area contributed by atoms with Crippen LogP contribution in [0.25, 0.3) is 91.3 Å². The third-order valence-electron chi connectivity index (χ3n) is 11.7. The van der Waals surface area contributed by atoms with E-state index in [1.807, 2.05) is 11.3 Å². The zero-order chi connectivity index (χ0) is 37.5. The molecule has 3 aromatic heterocycles. The second-order valence-corrected chi connectivity index (χ2v) is 16.0. The van der Waals surface area contributed by atoms with Gasteiger partial charge in [0.25, 0.3) is 0 Å². The highest BCUT2D eigenvalue weighted by Gasteiger charge is 2.21. The predicted molar refractivity (Wildman–Crippen MR) is 246 cm³/mol. The number of para-hydroxylation sites is 1. The van der Waals surface area contributed by atoms with Gasteiger partial charge in [0.1, 0.15) is 0 Å². The second-order valence-electron chi connectivity index (χ2n) is 14.9. The largest absolute Gasteiger partial charge is 0.310 e. The van der Waals surface area contributed by atoms with Crippen LogP contribution >= 0.6 is 11.3 Å². The van der Waals surface area contributed by atoms with E-state index < -0.39 is 0 Å². The van der Waals surface area contributed by atoms with Crippen LogP contribution in [0.4, 0.5) is 17.1 Å². The van der Waals surface area contributed by atoms with Gasteiger partial charge in [-0.25, -0.2) is 0 Å². The summed E-state index contributed by atoms with van der Waals surface area (Å²) < 4.78 is 5.10. The van der Waals surface area contributed by atoms with Gasteiger partial charge in [0.15, 0.2) is 0 Å². The van der Waals surface area contributed by atoms with Crippen molar-refractivity contribution in [3.8, 4) is 22.4 Å². The quantitative estimate of drug-likeness (QED) is 0.159. The van der Waals surface area contributed by atoms with Gasteiger partial charge in [-0.05, 0) is 98.7 Å². The molecule has 0 aliphatic carbocycles. The number of hydrogen-bond donors (Lipinski definition) is 0. The standard InChI is InChI=1S/C54H34N2S/c1-2-13-37(14-3-1)53-47-19-8-10-20-49(47)56-50(33-38-15-5-7-17-45(38)54(53)56)36-24-26-40(27-25-36)55(42-29-31-52-48(34-42)46-18-9-11-21-51(46)57-52)41-28-30-44-39(32-41)23-22-35-12-4-6-16-43(35)44/h1-34H. The molecule has 0 aliphatic rings. The van der Waals surface area contributed by atoms with E-state index in [0.717, 1.165) is 17.1 Å². The fraction of sp³-hybridized carbons (Fsp3) is 0. The Morgan fingerprint density at radius 3 is 1.81 bits per heavy atom. The van der Waals surface area contributed by atoms with Crippen LogP contribution in [0.5, 0.6) is 0 Å². The van der Waals surface area contributed by atoms with Gasteiger partial charge in [0.05, 0.1) is 16.7 Å². The molecule has 2 nitrogen and oxygen atoms in total. The molecule has 0 aliphatic heterocycles. The summed E-state index contributed by atoms with van der Waals surface area (Å²) in [5.74, 6) is 0. The molecule has 0 radical (unpaired) electrons. The van der Waals surface area contributed by atoms with Gasteiger partial charge in [-0.2, -0.15) is 0 Å². The zero-order valence-electron chi connectivity index (χ0n) is 30.9. The third kappa shape index (κ3) is 5.03. The third-order valence-corrected chi connectivity index (χ3v) is 12.9. The minimum absolute atomic E-state index is 1.11. The first-order chi connectivity index (χ1) is 28.3. The Labute approximate surface area is 333 Å². The van der Waals surface area contributed by atoms with Crippen LogP contribution in [0.1, 0.15) is 0 Å². The van der Waals surface area contributed by atoms with Crippen LogP contribution < -0.4 is 4.90 Å². The highest BCUT2D eigenvalue weighted by atomic mass is 32.1. The molecule has 57 heavy (non-hydrogen) atoms. The molecule has 9 aromatic carbocycles. The van der Waals surface area contributed by atoms with Crippen molar-refractivity contribution in [2.45, 2.75) is 0 Å². The fourth-order valence-corrected chi connectivity index (χ4v) is 10.2. The summed E-state index contributed by atoms with van der Waals surface area (Å²) in [6.07, 6.45) is 0. The molecule has 0 spiro atoms. The maximum Gasteiger partial charge on any atom is 0.0625 e. The number of hydrogen-bond acceptors (Lipinski definition) is 2. The van der Waals surface area contributed by atoms with Gasteiger partial charge in [0, 0.05) is 53.6 Å². The topological polar surface area (TPSA) is 7.65 Å². The van der Waals surface area contributed by atoms with E-state index >= 15 is 0 Å². The lowest BCUT2D eigenvalue weighted by molar-refractivity contribution is 1.26. The highest BCUT2D eigenvalue weighted by molar-refractivity contribution is 7.25. The maximum atomic E-state index is 2.48. The van der Waals surface area contributed by atoms with Crippen LogP contribution in [0.15, 0.2) is 206 Å². The molecule has 12 aromatic rings. The number of thiophene rings is 1. The van der Waals surface area contributed by atoms with Crippen molar-refractivity contribution in [1.82, 2.24) is 4.40 Å². The predicted octanol–water partition coefficient (Wildman–Crippen LogP) is 15.7. The smallest absolute Gasteiger partial charge is 0.0625 e. The van der Waals surface area contributed by atoms with E-state index in [4.69, 9.17) is 0 Å². The van der Waals surface area contributed by atoms with Gasteiger partial charge in [-0.15, -0.1) is 11.3 Å². The molecule has 0 amide bonds. The number of pyridine rings is 1. The minimum atomic E-state index is 1.11. The van der Waals surface area contributed by atoms with E-state index in [1.165, 1.54) is 91.3 Å². The van der Waals surface area contributed by atoms with Crippen LogP contribution in [0.3, 0.4) is 0 Å². The summed E-state index contributed by atoms with van der Waals surface area (Å²) in [5, 5.41) is 11.3. The van der Waals surface area contributed by atoms with Crippen molar-refractivity contribution < 1.29 is 0 Å². The van der Waals surface area contributed by atoms with E-state index in [-0.39, 0.29) is 0 Å². The lowest BCUT2D eigenvalue weighted by atomic mass is 9.99. The van der Waals surface area contributed by atoms with Gasteiger partial charge in [-0.1, -0.05) is 146 Å². The first kappa shape index (κ1) is 32.1. The fourth-order valence-electron chi connectivity index (χ4n) is 9.13. The number of anilines is 3. The highest BCUT2D eigenvalue weighted by Crippen LogP contribution is 2.45. The number of nitrogens with zero attached hydrogens (tertiary/aromatic N) is 2. The Kier molecular flexibility index (Phi) is 7.13. The Morgan fingerprint density at radius 1 is 0.351 bits per heavy atom. The van der Waals surface area contributed by atoms with Gasteiger partial charge >= 0.3 is 0 Å². The summed E-state index contributed by atoms with van der Waals surface area (Å²) in [6, 6.07) is 75.8. The molecule has 12 rings (SSSR count).